The Labute approximate surface area is 122 Å². The molecule has 4 heteroatoms. The second kappa shape index (κ2) is 7.48. The smallest absolute Gasteiger partial charge is 0.127 e. The van der Waals surface area contributed by atoms with Crippen molar-refractivity contribution in [2.24, 2.45) is 5.41 Å². The first kappa shape index (κ1) is 15.1. The van der Waals surface area contributed by atoms with Crippen LogP contribution in [0.2, 0.25) is 0 Å². The third-order valence-electron chi connectivity index (χ3n) is 4.23. The van der Waals surface area contributed by atoms with Crippen molar-refractivity contribution in [3.05, 3.63) is 18.3 Å². The molecule has 1 aliphatic carbocycles. The maximum atomic E-state index is 9.73. The molecule has 2 rings (SSSR count). The van der Waals surface area contributed by atoms with Gasteiger partial charge < -0.3 is 15.7 Å². The molecule has 1 heterocycles. The van der Waals surface area contributed by atoms with Crippen LogP contribution < -0.4 is 10.6 Å². The highest BCUT2D eigenvalue weighted by Gasteiger charge is 2.31. The van der Waals surface area contributed by atoms with E-state index < -0.39 is 0 Å². The summed E-state index contributed by atoms with van der Waals surface area (Å²) in [5, 5.41) is 16.5. The summed E-state index contributed by atoms with van der Waals surface area (Å²) < 4.78 is 0. The van der Waals surface area contributed by atoms with Crippen molar-refractivity contribution in [1.29, 1.82) is 0 Å². The number of nitrogens with one attached hydrogen (secondary N) is 2. The summed E-state index contributed by atoms with van der Waals surface area (Å²) in [7, 11) is 0. The molecule has 0 radical (unpaired) electrons. The minimum Gasteiger partial charge on any atom is -0.396 e. The standard InChI is InChI=1S/C16H27N3O/c1-2-9-17-15-11-14(6-10-18-15)19-12-16(13-20)7-4-3-5-8-16/h6,10-11,20H,2-5,7-9,12-13H2,1H3,(H2,17,18,19). The molecule has 0 aliphatic heterocycles. The molecule has 0 aromatic carbocycles. The fourth-order valence-corrected chi connectivity index (χ4v) is 2.87. The molecule has 0 unspecified atom stereocenters. The Hall–Kier alpha value is -1.29. The van der Waals surface area contributed by atoms with Gasteiger partial charge in [-0.05, 0) is 25.3 Å². The van der Waals surface area contributed by atoms with E-state index in [0.29, 0.717) is 0 Å². The lowest BCUT2D eigenvalue weighted by Gasteiger charge is -2.36. The molecular formula is C16H27N3O. The lowest BCUT2D eigenvalue weighted by Crippen LogP contribution is -2.35. The van der Waals surface area contributed by atoms with E-state index in [1.165, 1.54) is 19.3 Å². The van der Waals surface area contributed by atoms with Crippen LogP contribution in [0.4, 0.5) is 11.5 Å². The Morgan fingerprint density at radius 1 is 1.25 bits per heavy atom. The number of rotatable bonds is 7. The number of pyridine rings is 1. The van der Waals surface area contributed by atoms with Gasteiger partial charge in [0.05, 0.1) is 6.61 Å². The van der Waals surface area contributed by atoms with E-state index in [-0.39, 0.29) is 12.0 Å². The zero-order valence-corrected chi connectivity index (χ0v) is 12.5. The van der Waals surface area contributed by atoms with E-state index in [2.05, 4.69) is 22.5 Å². The molecule has 1 aromatic rings. The molecule has 3 N–H and O–H groups in total. The number of anilines is 2. The molecule has 0 bridgehead atoms. The van der Waals surface area contributed by atoms with Gasteiger partial charge in [-0.3, -0.25) is 0 Å². The molecule has 1 fully saturated rings. The van der Waals surface area contributed by atoms with Gasteiger partial charge in [-0.15, -0.1) is 0 Å². The molecule has 0 saturated heterocycles. The quantitative estimate of drug-likeness (QED) is 0.716. The largest absolute Gasteiger partial charge is 0.396 e. The summed E-state index contributed by atoms with van der Waals surface area (Å²) in [6.07, 6.45) is 8.96. The molecule has 1 aromatic heterocycles. The normalized spacial score (nSPS) is 17.7. The van der Waals surface area contributed by atoms with Gasteiger partial charge in [0.1, 0.15) is 5.82 Å². The summed E-state index contributed by atoms with van der Waals surface area (Å²) in [4.78, 5) is 4.31. The van der Waals surface area contributed by atoms with Crippen molar-refractivity contribution in [2.75, 3.05) is 30.3 Å². The number of aliphatic hydroxyl groups is 1. The number of hydrogen-bond donors (Lipinski definition) is 3. The molecule has 112 valence electrons. The van der Waals surface area contributed by atoms with Gasteiger partial charge in [-0.25, -0.2) is 4.98 Å². The second-order valence-electron chi connectivity index (χ2n) is 5.93. The van der Waals surface area contributed by atoms with E-state index >= 15 is 0 Å². The Balaban J connectivity index is 1.92. The van der Waals surface area contributed by atoms with E-state index in [9.17, 15) is 5.11 Å². The van der Waals surface area contributed by atoms with E-state index in [0.717, 1.165) is 43.9 Å². The SMILES string of the molecule is CCCNc1cc(NCC2(CO)CCCCC2)ccn1. The van der Waals surface area contributed by atoms with Crippen molar-refractivity contribution in [3.63, 3.8) is 0 Å². The molecule has 20 heavy (non-hydrogen) atoms. The van der Waals surface area contributed by atoms with E-state index in [1.807, 2.05) is 18.3 Å². The fraction of sp³-hybridized carbons (Fsp3) is 0.688. The van der Waals surface area contributed by atoms with E-state index in [1.54, 1.807) is 0 Å². The topological polar surface area (TPSA) is 57.2 Å². The van der Waals surface area contributed by atoms with Crippen LogP contribution in [-0.4, -0.2) is 29.8 Å². The average molecular weight is 277 g/mol. The van der Waals surface area contributed by atoms with Gasteiger partial charge in [-0.2, -0.15) is 0 Å². The number of aliphatic hydroxyl groups excluding tert-OH is 1. The molecule has 1 saturated carbocycles. The van der Waals surface area contributed by atoms with Crippen molar-refractivity contribution < 1.29 is 5.11 Å². The molecule has 4 nitrogen and oxygen atoms in total. The van der Waals surface area contributed by atoms with Gasteiger partial charge >= 0.3 is 0 Å². The molecule has 1 aliphatic rings. The van der Waals surface area contributed by atoms with Crippen molar-refractivity contribution in [1.82, 2.24) is 4.98 Å². The first-order valence-corrected chi connectivity index (χ1v) is 7.83. The van der Waals surface area contributed by atoms with Gasteiger partial charge in [0, 0.05) is 36.5 Å². The van der Waals surface area contributed by atoms with Crippen LogP contribution in [0.15, 0.2) is 18.3 Å². The third kappa shape index (κ3) is 4.10. The minimum atomic E-state index is 0.0680. The zero-order valence-electron chi connectivity index (χ0n) is 12.5. The predicted octanol–water partition coefficient (Wildman–Crippen LogP) is 3.26. The molecular weight excluding hydrogens is 250 g/mol. The van der Waals surface area contributed by atoms with Gasteiger partial charge in [0.25, 0.3) is 0 Å². The summed E-state index contributed by atoms with van der Waals surface area (Å²) in [5.41, 5.74) is 1.15. The van der Waals surface area contributed by atoms with Gasteiger partial charge in [-0.1, -0.05) is 26.2 Å². The van der Waals surface area contributed by atoms with Crippen molar-refractivity contribution >= 4 is 11.5 Å². The van der Waals surface area contributed by atoms with Gasteiger partial charge in [0.15, 0.2) is 0 Å². The summed E-state index contributed by atoms with van der Waals surface area (Å²) >= 11 is 0. The Morgan fingerprint density at radius 2 is 2.05 bits per heavy atom. The zero-order chi connectivity index (χ0) is 14.3. The van der Waals surface area contributed by atoms with Crippen LogP contribution >= 0.6 is 0 Å². The van der Waals surface area contributed by atoms with Gasteiger partial charge in [0.2, 0.25) is 0 Å². The van der Waals surface area contributed by atoms with Crippen LogP contribution in [0.25, 0.3) is 0 Å². The fourth-order valence-electron chi connectivity index (χ4n) is 2.87. The monoisotopic (exact) mass is 277 g/mol. The van der Waals surface area contributed by atoms with Crippen LogP contribution in [0.5, 0.6) is 0 Å². The maximum absolute atomic E-state index is 9.73. The number of hydrogen-bond acceptors (Lipinski definition) is 4. The average Bonchev–Trinajstić information content (AvgIpc) is 2.52. The lowest BCUT2D eigenvalue weighted by molar-refractivity contribution is 0.0944. The predicted molar refractivity (Wildman–Crippen MR) is 84.1 cm³/mol. The third-order valence-corrected chi connectivity index (χ3v) is 4.23. The summed E-state index contributed by atoms with van der Waals surface area (Å²) in [6.45, 7) is 4.22. The van der Waals surface area contributed by atoms with Crippen molar-refractivity contribution in [2.45, 2.75) is 45.4 Å². The van der Waals surface area contributed by atoms with E-state index in [4.69, 9.17) is 0 Å². The molecule has 0 atom stereocenters. The van der Waals surface area contributed by atoms with Crippen molar-refractivity contribution in [3.8, 4) is 0 Å². The molecule has 0 amide bonds. The summed E-state index contributed by atoms with van der Waals surface area (Å²) in [5.74, 6) is 0.915. The first-order chi connectivity index (χ1) is 9.78. The van der Waals surface area contributed by atoms with Crippen LogP contribution in [0, 0.1) is 5.41 Å². The lowest BCUT2D eigenvalue weighted by atomic mass is 9.74. The maximum Gasteiger partial charge on any atom is 0.127 e. The Bertz CT molecular complexity index is 402. The van der Waals surface area contributed by atoms with Crippen LogP contribution in [0.3, 0.4) is 0 Å². The Kier molecular flexibility index (Phi) is 5.65. The first-order valence-electron chi connectivity index (χ1n) is 7.83. The highest BCUT2D eigenvalue weighted by Crippen LogP contribution is 2.36. The number of nitrogens with zero attached hydrogens (tertiary/aromatic N) is 1. The minimum absolute atomic E-state index is 0.0680. The molecule has 0 spiro atoms. The van der Waals surface area contributed by atoms with Crippen LogP contribution in [-0.2, 0) is 0 Å². The number of aromatic nitrogens is 1. The summed E-state index contributed by atoms with van der Waals surface area (Å²) in [6, 6.07) is 4.04. The van der Waals surface area contributed by atoms with Crippen LogP contribution in [0.1, 0.15) is 45.4 Å². The second-order valence-corrected chi connectivity index (χ2v) is 5.93. The highest BCUT2D eigenvalue weighted by molar-refractivity contribution is 5.51. The highest BCUT2D eigenvalue weighted by atomic mass is 16.3. The Morgan fingerprint density at radius 3 is 2.75 bits per heavy atom.